The van der Waals surface area contributed by atoms with Gasteiger partial charge in [-0.1, -0.05) is 91.0 Å². The van der Waals surface area contributed by atoms with Gasteiger partial charge in [0.25, 0.3) is 0 Å². The van der Waals surface area contributed by atoms with Crippen molar-refractivity contribution in [2.45, 2.75) is 0 Å². The predicted molar refractivity (Wildman–Crippen MR) is 156 cm³/mol. The van der Waals surface area contributed by atoms with E-state index < -0.39 is 0 Å². The van der Waals surface area contributed by atoms with Crippen LogP contribution in [0.15, 0.2) is 133 Å². The number of fused-ring (bicyclic) bond motifs is 9. The fraction of sp³-hybridized carbons (Fsp3) is 0. The van der Waals surface area contributed by atoms with E-state index >= 15 is 0 Å². The molecular formula is C35H22N2. The zero-order valence-electron chi connectivity index (χ0n) is 20.1. The molecule has 0 saturated heterocycles. The maximum Gasteiger partial charge on any atom is 0.146 e. The molecule has 0 spiro atoms. The molecule has 2 aromatic heterocycles. The van der Waals surface area contributed by atoms with Crippen LogP contribution in [0.4, 0.5) is 0 Å². The van der Waals surface area contributed by atoms with Gasteiger partial charge < -0.3 is 0 Å². The van der Waals surface area contributed by atoms with Crippen LogP contribution in [0.25, 0.3) is 71.4 Å². The van der Waals surface area contributed by atoms with E-state index in [1.165, 1.54) is 54.7 Å². The first-order valence-electron chi connectivity index (χ1n) is 12.6. The third-order valence-electron chi connectivity index (χ3n) is 7.54. The molecule has 172 valence electrons. The number of rotatable bonds is 2. The molecule has 0 unspecified atom stereocenters. The van der Waals surface area contributed by atoms with E-state index in [4.69, 9.17) is 4.98 Å². The molecule has 2 heterocycles. The summed E-state index contributed by atoms with van der Waals surface area (Å²) in [7, 11) is 0. The van der Waals surface area contributed by atoms with Crippen molar-refractivity contribution in [1.82, 2.24) is 9.38 Å². The number of para-hydroxylation sites is 3. The summed E-state index contributed by atoms with van der Waals surface area (Å²) in [6, 6.07) is 47.9. The summed E-state index contributed by atoms with van der Waals surface area (Å²) in [6.07, 6.45) is 0. The number of pyridine rings is 1. The van der Waals surface area contributed by atoms with Crippen molar-refractivity contribution in [3.63, 3.8) is 0 Å². The van der Waals surface area contributed by atoms with Crippen LogP contribution in [-0.2, 0) is 0 Å². The zero-order chi connectivity index (χ0) is 24.3. The lowest BCUT2D eigenvalue weighted by molar-refractivity contribution is 1.31. The van der Waals surface area contributed by atoms with Crippen LogP contribution in [0, 0.1) is 0 Å². The van der Waals surface area contributed by atoms with Crippen molar-refractivity contribution in [3.8, 4) is 22.3 Å². The molecule has 0 saturated carbocycles. The lowest BCUT2D eigenvalue weighted by atomic mass is 9.96. The zero-order valence-corrected chi connectivity index (χ0v) is 20.1. The first-order valence-corrected chi connectivity index (χ1v) is 12.6. The van der Waals surface area contributed by atoms with E-state index in [-0.39, 0.29) is 0 Å². The number of hydrogen-bond donors (Lipinski definition) is 0. The van der Waals surface area contributed by atoms with E-state index in [1.807, 2.05) is 0 Å². The molecule has 37 heavy (non-hydrogen) atoms. The largest absolute Gasteiger partial charge is 0.292 e. The van der Waals surface area contributed by atoms with Crippen LogP contribution < -0.4 is 0 Å². The van der Waals surface area contributed by atoms with E-state index in [1.54, 1.807) is 0 Å². The van der Waals surface area contributed by atoms with Crippen molar-refractivity contribution in [1.29, 1.82) is 0 Å². The molecule has 6 aromatic carbocycles. The summed E-state index contributed by atoms with van der Waals surface area (Å²) in [4.78, 5) is 5.04. The molecular weight excluding hydrogens is 448 g/mol. The molecule has 2 nitrogen and oxygen atoms in total. The monoisotopic (exact) mass is 470 g/mol. The van der Waals surface area contributed by atoms with Crippen LogP contribution in [0.3, 0.4) is 0 Å². The number of imidazole rings is 1. The molecule has 2 heteroatoms. The average molecular weight is 471 g/mol. The maximum atomic E-state index is 5.04. The Kier molecular flexibility index (Phi) is 4.26. The summed E-state index contributed by atoms with van der Waals surface area (Å²) in [5.74, 6) is 0. The van der Waals surface area contributed by atoms with Gasteiger partial charge in [-0.25, -0.2) is 4.98 Å². The molecule has 0 radical (unpaired) electrons. The predicted octanol–water partition coefficient (Wildman–Crippen LogP) is 9.28. The Hall–Kier alpha value is -4.95. The SMILES string of the molecule is c1ccc(-c2ccc3ccc(-c4ccc5c(c4)c4ccccc4n4c6ccccc6nc54)cc3c2)cc1. The minimum absolute atomic E-state index is 1.01. The third-order valence-corrected chi connectivity index (χ3v) is 7.54. The fourth-order valence-corrected chi connectivity index (χ4v) is 5.73. The molecule has 0 bridgehead atoms. The second-order valence-electron chi connectivity index (χ2n) is 9.68. The highest BCUT2D eigenvalue weighted by Crippen LogP contribution is 2.36. The molecule has 0 aliphatic heterocycles. The van der Waals surface area contributed by atoms with Crippen molar-refractivity contribution in [2.24, 2.45) is 0 Å². The standard InChI is InChI=1S/C35H22N2/c1-2-8-23(9-3-1)25-16-14-24-15-17-26(21-28(24)20-25)27-18-19-30-31(22-27)29-10-4-6-12-33(29)37-34-13-7-5-11-32(34)36-35(30)37/h1-22H. The Morgan fingerprint density at radius 2 is 1.05 bits per heavy atom. The van der Waals surface area contributed by atoms with Crippen molar-refractivity contribution < 1.29 is 0 Å². The van der Waals surface area contributed by atoms with E-state index in [0.717, 1.165) is 16.7 Å². The van der Waals surface area contributed by atoms with Gasteiger partial charge in [0.2, 0.25) is 0 Å². The number of hydrogen-bond acceptors (Lipinski definition) is 1. The second kappa shape index (κ2) is 7.78. The van der Waals surface area contributed by atoms with Gasteiger partial charge in [-0.3, -0.25) is 4.40 Å². The first-order chi connectivity index (χ1) is 18.3. The lowest BCUT2D eigenvalue weighted by Crippen LogP contribution is -1.92. The Labute approximate surface area is 214 Å². The minimum Gasteiger partial charge on any atom is -0.292 e. The Morgan fingerprint density at radius 3 is 1.89 bits per heavy atom. The molecule has 0 aliphatic carbocycles. The maximum absolute atomic E-state index is 5.04. The van der Waals surface area contributed by atoms with Gasteiger partial charge >= 0.3 is 0 Å². The van der Waals surface area contributed by atoms with Crippen molar-refractivity contribution in [3.05, 3.63) is 133 Å². The smallest absolute Gasteiger partial charge is 0.146 e. The average Bonchev–Trinajstić information content (AvgIpc) is 3.37. The summed E-state index contributed by atoms with van der Waals surface area (Å²) in [5.41, 5.74) is 9.26. The van der Waals surface area contributed by atoms with Crippen LogP contribution in [-0.4, -0.2) is 9.38 Å². The highest BCUT2D eigenvalue weighted by molar-refractivity contribution is 6.14. The second-order valence-corrected chi connectivity index (χ2v) is 9.68. The van der Waals surface area contributed by atoms with Crippen molar-refractivity contribution in [2.75, 3.05) is 0 Å². The Bertz CT molecular complexity index is 2140. The normalized spacial score (nSPS) is 11.8. The van der Waals surface area contributed by atoms with Crippen molar-refractivity contribution >= 4 is 49.1 Å². The van der Waals surface area contributed by atoms with Gasteiger partial charge in [0.05, 0.1) is 16.6 Å². The summed E-state index contributed by atoms with van der Waals surface area (Å²) >= 11 is 0. The van der Waals surface area contributed by atoms with E-state index in [9.17, 15) is 0 Å². The third kappa shape index (κ3) is 3.09. The van der Waals surface area contributed by atoms with Gasteiger partial charge in [0, 0.05) is 10.8 Å². The molecule has 0 atom stereocenters. The van der Waals surface area contributed by atoms with E-state index in [2.05, 4.69) is 138 Å². The summed E-state index contributed by atoms with van der Waals surface area (Å²) in [5, 5.41) is 6.14. The topological polar surface area (TPSA) is 17.3 Å². The Balaban J connectivity index is 1.36. The minimum atomic E-state index is 1.01. The van der Waals surface area contributed by atoms with Gasteiger partial charge in [0.1, 0.15) is 5.65 Å². The van der Waals surface area contributed by atoms with Gasteiger partial charge in [-0.2, -0.15) is 0 Å². The fourth-order valence-electron chi connectivity index (χ4n) is 5.73. The van der Waals surface area contributed by atoms with Gasteiger partial charge in [0.15, 0.2) is 0 Å². The first kappa shape index (κ1) is 20.3. The Morgan fingerprint density at radius 1 is 0.405 bits per heavy atom. The molecule has 8 rings (SSSR count). The summed E-state index contributed by atoms with van der Waals surface area (Å²) in [6.45, 7) is 0. The number of aromatic nitrogens is 2. The van der Waals surface area contributed by atoms with Gasteiger partial charge in [-0.15, -0.1) is 0 Å². The van der Waals surface area contributed by atoms with Gasteiger partial charge in [-0.05, 0) is 80.9 Å². The van der Waals surface area contributed by atoms with Crippen LogP contribution in [0.2, 0.25) is 0 Å². The molecule has 0 fully saturated rings. The number of nitrogens with zero attached hydrogens (tertiary/aromatic N) is 2. The van der Waals surface area contributed by atoms with Crippen LogP contribution >= 0.6 is 0 Å². The molecule has 0 N–H and O–H groups in total. The van der Waals surface area contributed by atoms with Crippen LogP contribution in [0.5, 0.6) is 0 Å². The molecule has 0 amide bonds. The summed E-state index contributed by atoms with van der Waals surface area (Å²) < 4.78 is 2.30. The quantitative estimate of drug-likeness (QED) is 0.230. The lowest BCUT2D eigenvalue weighted by Gasteiger charge is -2.11. The van der Waals surface area contributed by atoms with E-state index in [0.29, 0.717) is 0 Å². The highest BCUT2D eigenvalue weighted by atomic mass is 15.0. The number of benzene rings is 6. The molecule has 8 aromatic rings. The molecule has 0 aliphatic rings. The van der Waals surface area contributed by atoms with Crippen LogP contribution in [0.1, 0.15) is 0 Å². The highest BCUT2D eigenvalue weighted by Gasteiger charge is 2.14.